The van der Waals surface area contributed by atoms with Crippen molar-refractivity contribution in [3.8, 4) is 6.07 Å². The molecule has 0 aromatic heterocycles. The Morgan fingerprint density at radius 2 is 2.11 bits per heavy atom. The zero-order valence-electron chi connectivity index (χ0n) is 10.1. The quantitative estimate of drug-likeness (QED) is 0.762. The van der Waals surface area contributed by atoms with Crippen LogP contribution in [0.5, 0.6) is 0 Å². The molecule has 2 rings (SSSR count). The second-order valence-electron chi connectivity index (χ2n) is 3.82. The van der Waals surface area contributed by atoms with E-state index in [-0.39, 0.29) is 31.1 Å². The maximum atomic E-state index is 11.8. The summed E-state index contributed by atoms with van der Waals surface area (Å²) >= 11 is 0. The Bertz CT molecular complexity index is 560. The minimum atomic E-state index is -0.657. The first kappa shape index (κ1) is 12.8. The summed E-state index contributed by atoms with van der Waals surface area (Å²) in [5, 5.41) is 13.5. The average Bonchev–Trinajstić information content (AvgIpc) is 2.46. The van der Waals surface area contributed by atoms with Crippen LogP contribution in [0.15, 0.2) is 35.4 Å². The summed E-state index contributed by atoms with van der Waals surface area (Å²) in [6.45, 7) is -0.322. The summed E-state index contributed by atoms with van der Waals surface area (Å²) in [6.07, 6.45) is 0.418. The van der Waals surface area contributed by atoms with Crippen LogP contribution in [-0.2, 0) is 14.3 Å². The number of anilines is 1. The van der Waals surface area contributed by atoms with Crippen LogP contribution in [0.3, 0.4) is 0 Å². The van der Waals surface area contributed by atoms with Gasteiger partial charge in [0.05, 0.1) is 5.69 Å². The second-order valence-corrected chi connectivity index (χ2v) is 3.82. The predicted molar refractivity (Wildman–Crippen MR) is 67.2 cm³/mol. The topological polar surface area (TPSA) is 82.8 Å². The van der Waals surface area contributed by atoms with E-state index in [0.717, 1.165) is 0 Å². The van der Waals surface area contributed by atoms with Gasteiger partial charge in [-0.1, -0.05) is 18.2 Å². The van der Waals surface area contributed by atoms with Crippen LogP contribution in [-0.4, -0.2) is 24.2 Å². The Hall–Kier alpha value is -2.68. The number of hydrogen-bond acceptors (Lipinski definition) is 5. The number of nitrogens with zero attached hydrogens (tertiary/aromatic N) is 3. The molecule has 0 saturated heterocycles. The minimum absolute atomic E-state index is 0.152. The lowest BCUT2D eigenvalue weighted by Crippen LogP contribution is -2.34. The first-order valence-electron chi connectivity index (χ1n) is 5.72. The fraction of sp³-hybridized carbons (Fsp3) is 0.231. The van der Waals surface area contributed by atoms with Crippen LogP contribution in [0.25, 0.3) is 0 Å². The number of para-hydroxylation sites is 1. The first-order valence-corrected chi connectivity index (χ1v) is 5.72. The van der Waals surface area contributed by atoms with Gasteiger partial charge in [-0.15, -0.1) is 0 Å². The highest BCUT2D eigenvalue weighted by atomic mass is 16.5. The summed E-state index contributed by atoms with van der Waals surface area (Å²) in [7, 11) is 0. The highest BCUT2D eigenvalue weighted by molar-refractivity contribution is 6.38. The highest BCUT2D eigenvalue weighted by Gasteiger charge is 2.26. The number of carbonyl (C=O) groups is 2. The van der Waals surface area contributed by atoms with Gasteiger partial charge in [-0.2, -0.15) is 10.4 Å². The molecule has 0 N–H and O–H groups in total. The second kappa shape index (κ2) is 5.78. The maximum absolute atomic E-state index is 11.8. The summed E-state index contributed by atoms with van der Waals surface area (Å²) < 4.78 is 4.68. The molecule has 0 fully saturated rings. The van der Waals surface area contributed by atoms with Gasteiger partial charge in [0, 0.05) is 12.8 Å². The molecule has 0 spiro atoms. The number of hydrogen-bond donors (Lipinski definition) is 0. The third-order valence-corrected chi connectivity index (χ3v) is 2.54. The summed E-state index contributed by atoms with van der Waals surface area (Å²) in [4.78, 5) is 23.4. The van der Waals surface area contributed by atoms with Crippen LogP contribution in [0, 0.1) is 11.3 Å². The van der Waals surface area contributed by atoms with E-state index in [9.17, 15) is 9.59 Å². The van der Waals surface area contributed by atoms with Crippen LogP contribution >= 0.6 is 0 Å². The lowest BCUT2D eigenvalue weighted by atomic mass is 10.1. The van der Waals surface area contributed by atoms with Crippen LogP contribution < -0.4 is 5.01 Å². The molecular weight excluding hydrogens is 246 g/mol. The van der Waals surface area contributed by atoms with E-state index in [1.807, 2.05) is 6.07 Å². The van der Waals surface area contributed by atoms with Crippen molar-refractivity contribution in [1.29, 1.82) is 5.26 Å². The Balaban J connectivity index is 2.21. The SMILES string of the molecule is N#CCOC(=O)C1=NN(c2ccccc2)C(=O)CC1. The van der Waals surface area contributed by atoms with Gasteiger partial charge >= 0.3 is 5.97 Å². The van der Waals surface area contributed by atoms with Crippen LogP contribution in [0.2, 0.25) is 0 Å². The number of amides is 1. The molecule has 1 aromatic carbocycles. The summed E-state index contributed by atoms with van der Waals surface area (Å²) in [6, 6.07) is 10.5. The van der Waals surface area contributed by atoms with Gasteiger partial charge in [-0.25, -0.2) is 9.80 Å². The van der Waals surface area contributed by atoms with Gasteiger partial charge in [0.1, 0.15) is 11.8 Å². The number of carbonyl (C=O) groups excluding carboxylic acids is 2. The van der Waals surface area contributed by atoms with Gasteiger partial charge in [0.15, 0.2) is 6.61 Å². The Morgan fingerprint density at radius 1 is 1.37 bits per heavy atom. The van der Waals surface area contributed by atoms with E-state index in [1.165, 1.54) is 5.01 Å². The van der Waals surface area contributed by atoms with Crippen molar-refractivity contribution in [2.75, 3.05) is 11.6 Å². The number of nitriles is 1. The molecular formula is C13H11N3O3. The van der Waals surface area contributed by atoms with Crippen molar-refractivity contribution in [3.05, 3.63) is 30.3 Å². The molecule has 6 nitrogen and oxygen atoms in total. The number of hydrazone groups is 1. The van der Waals surface area contributed by atoms with Crippen molar-refractivity contribution >= 4 is 23.3 Å². The summed E-state index contributed by atoms with van der Waals surface area (Å²) in [5.41, 5.74) is 0.747. The van der Waals surface area contributed by atoms with Gasteiger partial charge in [-0.3, -0.25) is 4.79 Å². The number of ether oxygens (including phenoxy) is 1. The zero-order chi connectivity index (χ0) is 13.7. The van der Waals surface area contributed by atoms with Crippen molar-refractivity contribution in [2.24, 2.45) is 5.10 Å². The Labute approximate surface area is 109 Å². The van der Waals surface area contributed by atoms with E-state index in [2.05, 4.69) is 9.84 Å². The number of rotatable bonds is 3. The number of benzene rings is 1. The summed E-state index contributed by atoms with van der Waals surface area (Å²) in [5.74, 6) is -0.835. The molecule has 1 aliphatic rings. The molecule has 0 saturated carbocycles. The van der Waals surface area contributed by atoms with Crippen LogP contribution in [0.1, 0.15) is 12.8 Å². The molecule has 1 aromatic rings. The van der Waals surface area contributed by atoms with Crippen LogP contribution in [0.4, 0.5) is 5.69 Å². The molecule has 0 aliphatic carbocycles. The monoisotopic (exact) mass is 257 g/mol. The largest absolute Gasteiger partial charge is 0.446 e. The van der Waals surface area contributed by atoms with Gasteiger partial charge in [-0.05, 0) is 12.1 Å². The van der Waals surface area contributed by atoms with Crippen molar-refractivity contribution in [1.82, 2.24) is 0 Å². The molecule has 6 heteroatoms. The van der Waals surface area contributed by atoms with E-state index in [0.29, 0.717) is 5.69 Å². The fourth-order valence-electron chi connectivity index (χ4n) is 1.65. The first-order chi connectivity index (χ1) is 9.22. The predicted octanol–water partition coefficient (Wildman–Crippen LogP) is 1.24. The molecule has 0 unspecified atom stereocenters. The molecule has 0 radical (unpaired) electrons. The van der Waals surface area contributed by atoms with E-state index in [4.69, 9.17) is 5.26 Å². The Kier molecular flexibility index (Phi) is 3.88. The van der Waals surface area contributed by atoms with Gasteiger partial charge in [0.25, 0.3) is 0 Å². The van der Waals surface area contributed by atoms with E-state index < -0.39 is 5.97 Å². The van der Waals surface area contributed by atoms with Gasteiger partial charge < -0.3 is 4.74 Å². The molecule has 0 bridgehead atoms. The van der Waals surface area contributed by atoms with E-state index >= 15 is 0 Å². The van der Waals surface area contributed by atoms with Crippen molar-refractivity contribution in [2.45, 2.75) is 12.8 Å². The van der Waals surface area contributed by atoms with Gasteiger partial charge in [0.2, 0.25) is 5.91 Å². The van der Waals surface area contributed by atoms with Crippen molar-refractivity contribution in [3.63, 3.8) is 0 Å². The fourth-order valence-corrected chi connectivity index (χ4v) is 1.65. The molecule has 1 aliphatic heterocycles. The zero-order valence-corrected chi connectivity index (χ0v) is 10.1. The smallest absolute Gasteiger partial charge is 0.355 e. The normalized spacial score (nSPS) is 14.6. The molecule has 96 valence electrons. The maximum Gasteiger partial charge on any atom is 0.355 e. The third kappa shape index (κ3) is 2.96. The lowest BCUT2D eigenvalue weighted by molar-refractivity contribution is -0.134. The van der Waals surface area contributed by atoms with E-state index in [1.54, 1.807) is 30.3 Å². The highest BCUT2D eigenvalue weighted by Crippen LogP contribution is 2.19. The minimum Gasteiger partial charge on any atom is -0.446 e. The Morgan fingerprint density at radius 3 is 2.79 bits per heavy atom. The number of esters is 1. The van der Waals surface area contributed by atoms with Crippen molar-refractivity contribution < 1.29 is 14.3 Å². The molecule has 0 atom stereocenters. The average molecular weight is 257 g/mol. The lowest BCUT2D eigenvalue weighted by Gasteiger charge is -2.22. The molecule has 1 heterocycles. The molecule has 19 heavy (non-hydrogen) atoms. The molecule has 1 amide bonds. The third-order valence-electron chi connectivity index (χ3n) is 2.54. The standard InChI is InChI=1S/C13H11N3O3/c14-8-9-19-13(18)11-6-7-12(17)16(15-11)10-4-2-1-3-5-10/h1-5H,6-7,9H2.